The number of aromatic nitrogens is 1. The Labute approximate surface area is 179 Å². The van der Waals surface area contributed by atoms with Gasteiger partial charge in [-0.25, -0.2) is 13.4 Å². The van der Waals surface area contributed by atoms with Crippen LogP contribution in [0.4, 0.5) is 22.0 Å². The third kappa shape index (κ3) is 7.55. The summed E-state index contributed by atoms with van der Waals surface area (Å²) in [5, 5.41) is 0. The molecule has 1 aromatic rings. The minimum Gasteiger partial charge on any atom is -0.478 e. The van der Waals surface area contributed by atoms with Gasteiger partial charge in [-0.3, -0.25) is 4.90 Å². The van der Waals surface area contributed by atoms with Gasteiger partial charge in [-0.2, -0.15) is 22.0 Å². The van der Waals surface area contributed by atoms with Crippen LogP contribution in [0.1, 0.15) is 33.1 Å². The highest BCUT2D eigenvalue weighted by Gasteiger charge is 2.57. The Morgan fingerprint density at radius 3 is 2.45 bits per heavy atom. The van der Waals surface area contributed by atoms with E-state index in [4.69, 9.17) is 4.74 Å². The van der Waals surface area contributed by atoms with Crippen LogP contribution in [0.15, 0.2) is 23.2 Å². The van der Waals surface area contributed by atoms with Gasteiger partial charge < -0.3 is 4.74 Å². The van der Waals surface area contributed by atoms with Crippen LogP contribution in [0.2, 0.25) is 0 Å². The number of hydrogen-bond donors (Lipinski definition) is 0. The molecule has 3 atom stereocenters. The van der Waals surface area contributed by atoms with Crippen LogP contribution in [-0.2, 0) is 9.84 Å². The monoisotopic (exact) mass is 472 g/mol. The average molecular weight is 473 g/mol. The van der Waals surface area contributed by atoms with Crippen LogP contribution in [-0.4, -0.2) is 62.9 Å². The second-order valence-electron chi connectivity index (χ2n) is 8.24. The molecule has 0 bridgehead atoms. The minimum absolute atomic E-state index is 0.116. The number of alkyl halides is 5. The van der Waals surface area contributed by atoms with Crippen LogP contribution >= 0.6 is 0 Å². The zero-order valence-electron chi connectivity index (χ0n) is 17.8. The summed E-state index contributed by atoms with van der Waals surface area (Å²) in [6.45, 7) is 2.99. The molecule has 0 aromatic carbocycles. The Bertz CT molecular complexity index is 815. The molecule has 0 saturated heterocycles. The molecule has 31 heavy (non-hydrogen) atoms. The number of hydrogen-bond acceptors (Lipinski definition) is 5. The highest BCUT2D eigenvalue weighted by atomic mass is 32.2. The summed E-state index contributed by atoms with van der Waals surface area (Å²) in [5.41, 5.74) is 0. The molecule has 0 N–H and O–H groups in total. The third-order valence-corrected chi connectivity index (χ3v) is 6.87. The molecule has 2 unspecified atom stereocenters. The topological polar surface area (TPSA) is 59.5 Å². The molecule has 1 heterocycles. The molecule has 1 fully saturated rings. The van der Waals surface area contributed by atoms with Crippen molar-refractivity contribution in [2.24, 2.45) is 17.8 Å². The Morgan fingerprint density at radius 2 is 1.94 bits per heavy atom. The molecule has 11 heteroatoms. The van der Waals surface area contributed by atoms with E-state index in [1.165, 1.54) is 18.3 Å². The number of sulfone groups is 1. The Morgan fingerprint density at radius 1 is 1.26 bits per heavy atom. The number of rotatable bonds is 12. The van der Waals surface area contributed by atoms with Crippen LogP contribution < -0.4 is 4.74 Å². The van der Waals surface area contributed by atoms with Crippen LogP contribution in [0, 0.1) is 17.8 Å². The Kier molecular flexibility index (Phi) is 8.29. The maximum Gasteiger partial charge on any atom is 0.454 e. The van der Waals surface area contributed by atoms with E-state index in [1.807, 2.05) is 6.92 Å². The maximum absolute atomic E-state index is 13.3. The van der Waals surface area contributed by atoms with Crippen molar-refractivity contribution in [1.82, 2.24) is 9.88 Å². The van der Waals surface area contributed by atoms with Gasteiger partial charge in [0.1, 0.15) is 0 Å². The van der Waals surface area contributed by atoms with Crippen molar-refractivity contribution in [3.8, 4) is 5.88 Å². The van der Waals surface area contributed by atoms with Gasteiger partial charge in [-0.15, -0.1) is 0 Å². The molecule has 1 aliphatic rings. The first-order valence-corrected chi connectivity index (χ1v) is 12.1. The second kappa shape index (κ2) is 9.97. The van der Waals surface area contributed by atoms with Gasteiger partial charge in [-0.05, 0) is 56.2 Å². The first-order valence-electron chi connectivity index (χ1n) is 10.2. The lowest BCUT2D eigenvalue weighted by Gasteiger charge is -2.28. The smallest absolute Gasteiger partial charge is 0.454 e. The predicted octanol–water partition coefficient (Wildman–Crippen LogP) is 4.44. The van der Waals surface area contributed by atoms with Gasteiger partial charge in [0.05, 0.1) is 18.0 Å². The van der Waals surface area contributed by atoms with Crippen molar-refractivity contribution in [2.45, 2.75) is 50.1 Å². The van der Waals surface area contributed by atoms with E-state index in [9.17, 15) is 30.4 Å². The highest BCUT2D eigenvalue weighted by molar-refractivity contribution is 7.90. The van der Waals surface area contributed by atoms with Gasteiger partial charge >= 0.3 is 12.1 Å². The summed E-state index contributed by atoms with van der Waals surface area (Å²) in [6, 6.07) is 2.93. The molecule has 2 rings (SSSR count). The standard InChI is InChI=1S/C20H29F5N2O3S/c1-4-27(13-19(21,22)20(23,24)25)9-7-14(2)17-11-15(17)8-10-30-18-6-5-16(12-26-18)31(3,28)29/h5-6,12,14-15,17H,4,7-11,13H2,1-3H3/t14?,15?,17-/m1/s1. The highest BCUT2D eigenvalue weighted by Crippen LogP contribution is 2.47. The van der Waals surface area contributed by atoms with E-state index >= 15 is 0 Å². The lowest BCUT2D eigenvalue weighted by atomic mass is 9.99. The average Bonchev–Trinajstić information content (AvgIpc) is 3.43. The van der Waals surface area contributed by atoms with E-state index in [0.29, 0.717) is 30.7 Å². The first kappa shape index (κ1) is 25.8. The van der Waals surface area contributed by atoms with Crippen molar-refractivity contribution in [3.05, 3.63) is 18.3 Å². The summed E-state index contributed by atoms with van der Waals surface area (Å²) < 4.78 is 92.1. The van der Waals surface area contributed by atoms with Gasteiger partial charge in [-0.1, -0.05) is 13.8 Å². The van der Waals surface area contributed by atoms with Crippen LogP contribution in [0.5, 0.6) is 5.88 Å². The molecule has 1 aliphatic carbocycles. The van der Waals surface area contributed by atoms with Crippen molar-refractivity contribution in [1.29, 1.82) is 0 Å². The molecule has 1 saturated carbocycles. The summed E-state index contributed by atoms with van der Waals surface area (Å²) in [7, 11) is -3.31. The van der Waals surface area contributed by atoms with E-state index in [1.54, 1.807) is 6.92 Å². The normalized spacial score (nSPS) is 20.7. The summed E-state index contributed by atoms with van der Waals surface area (Å²) in [4.78, 5) is 5.24. The van der Waals surface area contributed by atoms with E-state index in [-0.39, 0.29) is 23.9 Å². The molecular formula is C20H29F5N2O3S. The maximum atomic E-state index is 13.3. The Hall–Kier alpha value is -1.49. The SMILES string of the molecule is CCN(CCC(C)[C@H]1CC1CCOc1ccc(S(C)(=O)=O)cn1)CC(F)(F)C(F)(F)F. The van der Waals surface area contributed by atoms with E-state index in [2.05, 4.69) is 4.98 Å². The van der Waals surface area contributed by atoms with Crippen molar-refractivity contribution < 1.29 is 35.1 Å². The summed E-state index contributed by atoms with van der Waals surface area (Å²) in [6.07, 6.45) is -0.898. The second-order valence-corrected chi connectivity index (χ2v) is 10.3. The number of nitrogens with zero attached hydrogens (tertiary/aromatic N) is 2. The predicted molar refractivity (Wildman–Crippen MR) is 106 cm³/mol. The number of pyridine rings is 1. The fourth-order valence-corrected chi connectivity index (χ4v) is 4.17. The van der Waals surface area contributed by atoms with Gasteiger partial charge in [0, 0.05) is 18.5 Å². The lowest BCUT2D eigenvalue weighted by molar-refractivity contribution is -0.286. The van der Waals surface area contributed by atoms with Crippen LogP contribution in [0.3, 0.4) is 0 Å². The fraction of sp³-hybridized carbons (Fsp3) is 0.750. The van der Waals surface area contributed by atoms with E-state index in [0.717, 1.165) is 24.0 Å². The van der Waals surface area contributed by atoms with Gasteiger partial charge in [0.2, 0.25) is 5.88 Å². The Balaban J connectivity index is 1.70. The fourth-order valence-electron chi connectivity index (χ4n) is 3.61. The summed E-state index contributed by atoms with van der Waals surface area (Å²) in [5.74, 6) is -3.35. The van der Waals surface area contributed by atoms with Crippen molar-refractivity contribution >= 4 is 9.84 Å². The van der Waals surface area contributed by atoms with Crippen molar-refractivity contribution in [3.63, 3.8) is 0 Å². The van der Waals surface area contributed by atoms with E-state index < -0.39 is 28.5 Å². The molecule has 5 nitrogen and oxygen atoms in total. The molecule has 0 aliphatic heterocycles. The molecule has 178 valence electrons. The van der Waals surface area contributed by atoms with Gasteiger partial charge in [0.25, 0.3) is 0 Å². The van der Waals surface area contributed by atoms with Crippen LogP contribution in [0.25, 0.3) is 0 Å². The lowest BCUT2D eigenvalue weighted by Crippen LogP contribution is -2.47. The van der Waals surface area contributed by atoms with Crippen molar-refractivity contribution in [2.75, 3.05) is 32.5 Å². The number of halogens is 5. The molecule has 0 spiro atoms. The number of ether oxygens (including phenoxy) is 1. The molecule has 1 aromatic heterocycles. The molecular weight excluding hydrogens is 443 g/mol. The quantitative estimate of drug-likeness (QED) is 0.421. The zero-order chi connectivity index (χ0) is 23.4. The minimum atomic E-state index is -5.53. The first-order chi connectivity index (χ1) is 14.2. The van der Waals surface area contributed by atoms with Gasteiger partial charge in [0.15, 0.2) is 9.84 Å². The molecule has 0 amide bonds. The third-order valence-electron chi connectivity index (χ3n) is 5.77. The zero-order valence-corrected chi connectivity index (χ0v) is 18.6. The summed E-state index contributed by atoms with van der Waals surface area (Å²) >= 11 is 0. The molecule has 0 radical (unpaired) electrons. The largest absolute Gasteiger partial charge is 0.478 e.